The van der Waals surface area contributed by atoms with Gasteiger partial charge in [0.25, 0.3) is 0 Å². The average Bonchev–Trinajstić information content (AvgIpc) is 2.59. The molecule has 1 heterocycles. The van der Waals surface area contributed by atoms with Gasteiger partial charge in [0, 0.05) is 25.6 Å². The van der Waals surface area contributed by atoms with Gasteiger partial charge in [0.1, 0.15) is 0 Å². The highest BCUT2D eigenvalue weighted by atomic mass is 16.5. The van der Waals surface area contributed by atoms with Crippen molar-refractivity contribution in [3.8, 4) is 17.2 Å². The lowest BCUT2D eigenvalue weighted by Gasteiger charge is -2.21. The maximum Gasteiger partial charge on any atom is 0.226 e. The first-order valence-electron chi connectivity index (χ1n) is 7.38. The molecule has 1 aliphatic rings. The van der Waals surface area contributed by atoms with Crippen molar-refractivity contribution in [2.75, 3.05) is 27.9 Å². The third-order valence-corrected chi connectivity index (χ3v) is 3.71. The van der Waals surface area contributed by atoms with Gasteiger partial charge in [0.2, 0.25) is 11.7 Å². The van der Waals surface area contributed by atoms with E-state index < -0.39 is 0 Å². The van der Waals surface area contributed by atoms with Crippen LogP contribution in [-0.2, 0) is 16.0 Å². The molecule has 6 nitrogen and oxygen atoms in total. The molecule has 1 aromatic rings. The predicted octanol–water partition coefficient (Wildman–Crippen LogP) is 1.96. The standard InChI is InChI=1S/C17H21NO5/c1-21-14-10-12(11-15(22-2)17(14)23-3)4-5-16(20)18-8-6-13(19)7-9-18/h6,8,10-11H,4-5,7,9H2,1-3H3. The Hall–Kier alpha value is -2.50. The summed E-state index contributed by atoms with van der Waals surface area (Å²) in [7, 11) is 4.66. The van der Waals surface area contributed by atoms with Crippen LogP contribution in [-0.4, -0.2) is 44.5 Å². The zero-order valence-corrected chi connectivity index (χ0v) is 13.6. The molecule has 0 bridgehead atoms. The molecule has 0 N–H and O–H groups in total. The van der Waals surface area contributed by atoms with Crippen LogP contribution < -0.4 is 14.2 Å². The molecule has 1 aliphatic heterocycles. The molecule has 0 fully saturated rings. The number of carbonyl (C=O) groups excluding carboxylic acids is 2. The lowest BCUT2D eigenvalue weighted by atomic mass is 10.1. The predicted molar refractivity (Wildman–Crippen MR) is 84.9 cm³/mol. The minimum absolute atomic E-state index is 0.0116. The number of aryl methyl sites for hydroxylation is 1. The van der Waals surface area contributed by atoms with E-state index in [0.717, 1.165) is 5.56 Å². The fraction of sp³-hybridized carbons (Fsp3) is 0.412. The van der Waals surface area contributed by atoms with E-state index in [1.54, 1.807) is 32.4 Å². The van der Waals surface area contributed by atoms with Crippen molar-refractivity contribution in [2.45, 2.75) is 19.3 Å². The Balaban J connectivity index is 2.07. The quantitative estimate of drug-likeness (QED) is 0.802. The number of methoxy groups -OCH3 is 3. The van der Waals surface area contributed by atoms with Crippen molar-refractivity contribution in [3.63, 3.8) is 0 Å². The highest BCUT2D eigenvalue weighted by molar-refractivity contribution is 5.92. The lowest BCUT2D eigenvalue weighted by molar-refractivity contribution is -0.129. The summed E-state index contributed by atoms with van der Waals surface area (Å²) in [5.41, 5.74) is 0.921. The van der Waals surface area contributed by atoms with Crippen LogP contribution in [0.15, 0.2) is 24.4 Å². The van der Waals surface area contributed by atoms with Gasteiger partial charge in [0.05, 0.1) is 21.3 Å². The minimum atomic E-state index is -0.0116. The molecule has 0 aromatic heterocycles. The Bertz CT molecular complexity index is 598. The smallest absolute Gasteiger partial charge is 0.226 e. The van der Waals surface area contributed by atoms with Crippen LogP contribution in [0.1, 0.15) is 18.4 Å². The number of hydrogen-bond acceptors (Lipinski definition) is 5. The van der Waals surface area contributed by atoms with Crippen LogP contribution in [0, 0.1) is 0 Å². The number of carbonyl (C=O) groups is 2. The van der Waals surface area contributed by atoms with Crippen LogP contribution >= 0.6 is 0 Å². The van der Waals surface area contributed by atoms with Crippen LogP contribution in [0.4, 0.5) is 0 Å². The molecule has 124 valence electrons. The van der Waals surface area contributed by atoms with Crippen LogP contribution in [0.25, 0.3) is 0 Å². The van der Waals surface area contributed by atoms with E-state index in [0.29, 0.717) is 43.1 Å². The number of hydrogen-bond donors (Lipinski definition) is 0. The van der Waals surface area contributed by atoms with Crippen molar-refractivity contribution in [2.24, 2.45) is 0 Å². The molecule has 0 spiro atoms. The first-order chi connectivity index (χ1) is 11.1. The molecule has 0 saturated heterocycles. The van der Waals surface area contributed by atoms with Crippen molar-refractivity contribution >= 4 is 11.7 Å². The van der Waals surface area contributed by atoms with Gasteiger partial charge in [0.15, 0.2) is 17.3 Å². The second-order valence-corrected chi connectivity index (χ2v) is 5.15. The summed E-state index contributed by atoms with van der Waals surface area (Å²) >= 11 is 0. The van der Waals surface area contributed by atoms with E-state index in [1.165, 1.54) is 6.08 Å². The van der Waals surface area contributed by atoms with Gasteiger partial charge < -0.3 is 19.1 Å². The second-order valence-electron chi connectivity index (χ2n) is 5.15. The molecule has 23 heavy (non-hydrogen) atoms. The largest absolute Gasteiger partial charge is 0.493 e. The highest BCUT2D eigenvalue weighted by Gasteiger charge is 2.17. The molecule has 2 rings (SSSR count). The minimum Gasteiger partial charge on any atom is -0.493 e. The van der Waals surface area contributed by atoms with Crippen LogP contribution in [0.2, 0.25) is 0 Å². The van der Waals surface area contributed by atoms with E-state index >= 15 is 0 Å². The number of ether oxygens (including phenoxy) is 3. The van der Waals surface area contributed by atoms with Crippen molar-refractivity contribution in [1.29, 1.82) is 0 Å². The number of ketones is 1. The van der Waals surface area contributed by atoms with Gasteiger partial charge in [-0.15, -0.1) is 0 Å². The average molecular weight is 319 g/mol. The van der Waals surface area contributed by atoms with Crippen molar-refractivity contribution in [3.05, 3.63) is 30.0 Å². The molecule has 6 heteroatoms. The number of nitrogens with zero attached hydrogens (tertiary/aromatic N) is 1. The molecular weight excluding hydrogens is 298 g/mol. The summed E-state index contributed by atoms with van der Waals surface area (Å²) in [5.74, 6) is 1.71. The summed E-state index contributed by atoms with van der Waals surface area (Å²) in [6, 6.07) is 3.68. The first kappa shape index (κ1) is 16.9. The van der Waals surface area contributed by atoms with Gasteiger partial charge in [-0.25, -0.2) is 0 Å². The number of rotatable bonds is 6. The molecule has 0 aliphatic carbocycles. The molecular formula is C17H21NO5. The summed E-state index contributed by atoms with van der Waals surface area (Å²) < 4.78 is 15.9. The molecule has 0 unspecified atom stereocenters. The summed E-state index contributed by atoms with van der Waals surface area (Å²) in [6.07, 6.45) is 4.28. The van der Waals surface area contributed by atoms with E-state index in [1.807, 2.05) is 12.1 Å². The van der Waals surface area contributed by atoms with E-state index in [9.17, 15) is 9.59 Å². The number of amides is 1. The third-order valence-electron chi connectivity index (χ3n) is 3.71. The first-order valence-corrected chi connectivity index (χ1v) is 7.38. The van der Waals surface area contributed by atoms with E-state index in [-0.39, 0.29) is 11.7 Å². The Labute approximate surface area is 135 Å². The van der Waals surface area contributed by atoms with Crippen LogP contribution in [0.5, 0.6) is 17.2 Å². The maximum absolute atomic E-state index is 12.2. The third kappa shape index (κ3) is 4.03. The van der Waals surface area contributed by atoms with Gasteiger partial charge in [-0.2, -0.15) is 0 Å². The summed E-state index contributed by atoms with van der Waals surface area (Å²) in [5, 5.41) is 0. The maximum atomic E-state index is 12.2. The Morgan fingerprint density at radius 1 is 1.13 bits per heavy atom. The van der Waals surface area contributed by atoms with Gasteiger partial charge in [-0.3, -0.25) is 9.59 Å². The topological polar surface area (TPSA) is 65.1 Å². The summed E-state index contributed by atoms with van der Waals surface area (Å²) in [4.78, 5) is 24.9. The van der Waals surface area contributed by atoms with E-state index in [2.05, 4.69) is 0 Å². The number of allylic oxidation sites excluding steroid dienone is 1. The molecule has 1 aromatic carbocycles. The Morgan fingerprint density at radius 3 is 2.26 bits per heavy atom. The fourth-order valence-corrected chi connectivity index (χ4v) is 2.44. The van der Waals surface area contributed by atoms with Gasteiger partial charge in [-0.05, 0) is 30.2 Å². The molecule has 0 saturated carbocycles. The molecule has 0 radical (unpaired) electrons. The zero-order chi connectivity index (χ0) is 16.8. The van der Waals surface area contributed by atoms with Crippen molar-refractivity contribution < 1.29 is 23.8 Å². The van der Waals surface area contributed by atoms with Gasteiger partial charge >= 0.3 is 0 Å². The van der Waals surface area contributed by atoms with Crippen LogP contribution in [0.3, 0.4) is 0 Å². The molecule has 1 amide bonds. The Morgan fingerprint density at radius 2 is 1.78 bits per heavy atom. The van der Waals surface area contributed by atoms with Gasteiger partial charge in [-0.1, -0.05) is 0 Å². The number of benzene rings is 1. The summed E-state index contributed by atoms with van der Waals surface area (Å²) in [6.45, 7) is 0.448. The monoisotopic (exact) mass is 319 g/mol. The SMILES string of the molecule is COc1cc(CCC(=O)N2C=CC(=O)CC2)cc(OC)c1OC. The second kappa shape index (κ2) is 7.67. The lowest BCUT2D eigenvalue weighted by Crippen LogP contribution is -2.31. The zero-order valence-electron chi connectivity index (χ0n) is 13.6. The van der Waals surface area contributed by atoms with Crippen molar-refractivity contribution in [1.82, 2.24) is 4.90 Å². The van der Waals surface area contributed by atoms with E-state index in [4.69, 9.17) is 14.2 Å². The Kier molecular flexibility index (Phi) is 5.62. The highest BCUT2D eigenvalue weighted by Crippen LogP contribution is 2.38. The molecule has 0 atom stereocenters. The normalized spacial score (nSPS) is 13.9. The fourth-order valence-electron chi connectivity index (χ4n) is 2.44.